The molecule has 0 aliphatic carbocycles. The number of amides is 1. The molecule has 0 spiro atoms. The summed E-state index contributed by atoms with van der Waals surface area (Å²) in [5, 5.41) is 3.02. The minimum absolute atomic E-state index is 0.0160. The average Bonchev–Trinajstić information content (AvgIpc) is 2.56. The molecule has 0 saturated carbocycles. The van der Waals surface area contributed by atoms with Gasteiger partial charge in [-0.05, 0) is 81.0 Å². The van der Waals surface area contributed by atoms with E-state index in [4.69, 9.17) is 4.74 Å². The van der Waals surface area contributed by atoms with Crippen molar-refractivity contribution in [2.24, 2.45) is 0 Å². The number of hydrogen-bond donors (Lipinski definition) is 1. The normalized spacial score (nSPS) is 10.5. The van der Waals surface area contributed by atoms with Gasteiger partial charge in [0.1, 0.15) is 5.75 Å². The zero-order chi connectivity index (χ0) is 17.5. The van der Waals surface area contributed by atoms with Crippen LogP contribution in [0.1, 0.15) is 46.0 Å². The van der Waals surface area contributed by atoms with Crippen LogP contribution in [0.5, 0.6) is 5.75 Å². The van der Waals surface area contributed by atoms with E-state index in [9.17, 15) is 4.79 Å². The van der Waals surface area contributed by atoms with E-state index in [0.29, 0.717) is 13.2 Å². The summed E-state index contributed by atoms with van der Waals surface area (Å²) in [4.78, 5) is 12.3. The highest BCUT2D eigenvalue weighted by atomic mass is 16.5. The first kappa shape index (κ1) is 18.1. The van der Waals surface area contributed by atoms with Gasteiger partial charge in [-0.3, -0.25) is 4.79 Å². The molecule has 2 aromatic rings. The fourth-order valence-corrected chi connectivity index (χ4v) is 2.71. The molecule has 3 nitrogen and oxygen atoms in total. The van der Waals surface area contributed by atoms with E-state index >= 15 is 0 Å². The number of aryl methyl sites for hydroxylation is 4. The Hall–Kier alpha value is -2.29. The molecule has 3 heteroatoms. The van der Waals surface area contributed by atoms with E-state index in [1.807, 2.05) is 39.0 Å². The summed E-state index contributed by atoms with van der Waals surface area (Å²) in [6, 6.07) is 12.2. The van der Waals surface area contributed by atoms with Gasteiger partial charge < -0.3 is 10.1 Å². The molecule has 0 radical (unpaired) electrons. The minimum Gasteiger partial charge on any atom is -0.494 e. The molecule has 0 saturated heterocycles. The van der Waals surface area contributed by atoms with Crippen molar-refractivity contribution in [3.63, 3.8) is 0 Å². The van der Waals surface area contributed by atoms with Crippen LogP contribution < -0.4 is 10.1 Å². The number of hydrogen-bond acceptors (Lipinski definition) is 2. The van der Waals surface area contributed by atoms with Crippen molar-refractivity contribution in [3.8, 4) is 5.75 Å². The summed E-state index contributed by atoms with van der Waals surface area (Å²) < 4.78 is 5.44. The SMILES string of the molecule is CCOc1ccc(CCCNC(=O)c2cc(C)c(C)cc2C)cc1. The molecule has 0 aliphatic rings. The van der Waals surface area contributed by atoms with Crippen LogP contribution in [0.3, 0.4) is 0 Å². The van der Waals surface area contributed by atoms with Gasteiger partial charge in [0.2, 0.25) is 0 Å². The van der Waals surface area contributed by atoms with E-state index < -0.39 is 0 Å². The molecule has 2 rings (SSSR count). The Morgan fingerprint density at radius 3 is 2.33 bits per heavy atom. The van der Waals surface area contributed by atoms with Crippen LogP contribution in [0.4, 0.5) is 0 Å². The van der Waals surface area contributed by atoms with Gasteiger partial charge in [0, 0.05) is 12.1 Å². The lowest BCUT2D eigenvalue weighted by molar-refractivity contribution is 0.0952. The zero-order valence-corrected chi connectivity index (χ0v) is 15.1. The molecule has 24 heavy (non-hydrogen) atoms. The first-order chi connectivity index (χ1) is 11.5. The zero-order valence-electron chi connectivity index (χ0n) is 15.1. The second-order valence-corrected chi connectivity index (χ2v) is 6.19. The molecular formula is C21H27NO2. The second-order valence-electron chi connectivity index (χ2n) is 6.19. The van der Waals surface area contributed by atoms with Crippen LogP contribution in [0.2, 0.25) is 0 Å². The molecule has 1 N–H and O–H groups in total. The topological polar surface area (TPSA) is 38.3 Å². The number of nitrogens with one attached hydrogen (secondary N) is 1. The van der Waals surface area contributed by atoms with Gasteiger partial charge in [-0.2, -0.15) is 0 Å². The lowest BCUT2D eigenvalue weighted by Gasteiger charge is -2.10. The van der Waals surface area contributed by atoms with E-state index in [1.165, 1.54) is 11.1 Å². The third-order valence-corrected chi connectivity index (χ3v) is 4.25. The Morgan fingerprint density at radius 1 is 1.00 bits per heavy atom. The lowest BCUT2D eigenvalue weighted by Crippen LogP contribution is -2.25. The van der Waals surface area contributed by atoms with Gasteiger partial charge in [-0.1, -0.05) is 18.2 Å². The average molecular weight is 325 g/mol. The number of carbonyl (C=O) groups excluding carboxylic acids is 1. The van der Waals surface area contributed by atoms with Crippen LogP contribution in [0.25, 0.3) is 0 Å². The fourth-order valence-electron chi connectivity index (χ4n) is 2.71. The Bertz CT molecular complexity index is 690. The number of ether oxygens (including phenoxy) is 1. The van der Waals surface area contributed by atoms with Crippen LogP contribution in [-0.4, -0.2) is 19.1 Å². The van der Waals surface area contributed by atoms with Crippen LogP contribution in [0.15, 0.2) is 36.4 Å². The molecule has 128 valence electrons. The van der Waals surface area contributed by atoms with Crippen molar-refractivity contribution in [3.05, 3.63) is 64.2 Å². The monoisotopic (exact) mass is 325 g/mol. The molecule has 0 fully saturated rings. The maximum atomic E-state index is 12.3. The first-order valence-corrected chi connectivity index (χ1v) is 8.59. The van der Waals surface area contributed by atoms with E-state index in [2.05, 4.69) is 30.4 Å². The summed E-state index contributed by atoms with van der Waals surface area (Å²) >= 11 is 0. The summed E-state index contributed by atoms with van der Waals surface area (Å²) in [6.45, 7) is 9.44. The molecule has 0 atom stereocenters. The van der Waals surface area contributed by atoms with Crippen molar-refractivity contribution in [1.82, 2.24) is 5.32 Å². The highest BCUT2D eigenvalue weighted by Crippen LogP contribution is 2.15. The second kappa shape index (κ2) is 8.53. The Labute approximate surface area is 145 Å². The third-order valence-electron chi connectivity index (χ3n) is 4.25. The van der Waals surface area contributed by atoms with Gasteiger partial charge in [0.05, 0.1) is 6.61 Å². The van der Waals surface area contributed by atoms with E-state index in [-0.39, 0.29) is 5.91 Å². The summed E-state index contributed by atoms with van der Waals surface area (Å²) in [5.41, 5.74) is 5.44. The fraction of sp³-hybridized carbons (Fsp3) is 0.381. The van der Waals surface area contributed by atoms with Crippen LogP contribution in [0, 0.1) is 20.8 Å². The van der Waals surface area contributed by atoms with E-state index in [1.54, 1.807) is 0 Å². The van der Waals surface area contributed by atoms with Crippen molar-refractivity contribution in [2.75, 3.05) is 13.2 Å². The Morgan fingerprint density at radius 2 is 1.67 bits per heavy atom. The van der Waals surface area contributed by atoms with Crippen molar-refractivity contribution < 1.29 is 9.53 Å². The summed E-state index contributed by atoms with van der Waals surface area (Å²) in [5.74, 6) is 0.919. The largest absolute Gasteiger partial charge is 0.494 e. The van der Waals surface area contributed by atoms with Crippen molar-refractivity contribution >= 4 is 5.91 Å². The van der Waals surface area contributed by atoms with Crippen molar-refractivity contribution in [1.29, 1.82) is 0 Å². The van der Waals surface area contributed by atoms with Crippen LogP contribution >= 0.6 is 0 Å². The summed E-state index contributed by atoms with van der Waals surface area (Å²) in [7, 11) is 0. The van der Waals surface area contributed by atoms with Gasteiger partial charge in [-0.25, -0.2) is 0 Å². The smallest absolute Gasteiger partial charge is 0.251 e. The third kappa shape index (κ3) is 4.85. The van der Waals surface area contributed by atoms with Crippen molar-refractivity contribution in [2.45, 2.75) is 40.5 Å². The van der Waals surface area contributed by atoms with Crippen LogP contribution in [-0.2, 0) is 6.42 Å². The first-order valence-electron chi connectivity index (χ1n) is 8.59. The van der Waals surface area contributed by atoms with Gasteiger partial charge in [-0.15, -0.1) is 0 Å². The van der Waals surface area contributed by atoms with Gasteiger partial charge in [0.25, 0.3) is 5.91 Å². The number of benzene rings is 2. The summed E-state index contributed by atoms with van der Waals surface area (Å²) in [6.07, 6.45) is 1.86. The highest BCUT2D eigenvalue weighted by Gasteiger charge is 2.10. The minimum atomic E-state index is 0.0160. The highest BCUT2D eigenvalue weighted by molar-refractivity contribution is 5.95. The lowest BCUT2D eigenvalue weighted by atomic mass is 10.0. The Balaban J connectivity index is 1.81. The molecule has 2 aromatic carbocycles. The Kier molecular flexibility index (Phi) is 6.42. The van der Waals surface area contributed by atoms with E-state index in [0.717, 1.165) is 35.3 Å². The molecule has 0 aliphatic heterocycles. The number of rotatable bonds is 7. The maximum Gasteiger partial charge on any atom is 0.251 e. The molecular weight excluding hydrogens is 298 g/mol. The van der Waals surface area contributed by atoms with Gasteiger partial charge in [0.15, 0.2) is 0 Å². The standard InChI is InChI=1S/C21H27NO2/c1-5-24-19-10-8-18(9-11-19)7-6-12-22-21(23)20-14-16(3)15(2)13-17(20)4/h8-11,13-14H,5-7,12H2,1-4H3,(H,22,23). The number of carbonyl (C=O) groups is 1. The molecule has 0 heterocycles. The predicted molar refractivity (Wildman–Crippen MR) is 98.9 cm³/mol. The molecule has 0 aromatic heterocycles. The maximum absolute atomic E-state index is 12.3. The predicted octanol–water partition coefficient (Wildman–Crippen LogP) is 4.37. The van der Waals surface area contributed by atoms with Gasteiger partial charge >= 0.3 is 0 Å². The molecule has 0 unspecified atom stereocenters. The quantitative estimate of drug-likeness (QED) is 0.768. The molecule has 0 bridgehead atoms. The molecule has 1 amide bonds.